The maximum Gasteiger partial charge on any atom is 0.260 e. The molecule has 2 saturated heterocycles. The number of likely N-dealkylation sites (tertiary alicyclic amines) is 1. The van der Waals surface area contributed by atoms with E-state index in [0.29, 0.717) is 37.2 Å². The minimum atomic E-state index is -0.0116. The second kappa shape index (κ2) is 10.8. The Bertz CT molecular complexity index is 931. The number of hydrogen-bond acceptors (Lipinski definition) is 4. The van der Waals surface area contributed by atoms with E-state index in [1.807, 2.05) is 64.4 Å². The summed E-state index contributed by atoms with van der Waals surface area (Å²) >= 11 is 0. The number of carbonyl (C=O) groups is 2. The summed E-state index contributed by atoms with van der Waals surface area (Å²) in [5.74, 6) is 2.06. The van der Waals surface area contributed by atoms with Gasteiger partial charge in [0.05, 0.1) is 6.54 Å². The summed E-state index contributed by atoms with van der Waals surface area (Å²) in [5.41, 5.74) is 2.05. The van der Waals surface area contributed by atoms with Gasteiger partial charge >= 0.3 is 0 Å². The highest BCUT2D eigenvalue weighted by Crippen LogP contribution is 2.29. The van der Waals surface area contributed by atoms with Crippen molar-refractivity contribution >= 4 is 11.8 Å². The lowest BCUT2D eigenvalue weighted by atomic mass is 9.92. The lowest BCUT2D eigenvalue weighted by Gasteiger charge is -2.38. The van der Waals surface area contributed by atoms with Crippen LogP contribution in [-0.2, 0) is 9.59 Å². The Hall–Kier alpha value is -2.86. The van der Waals surface area contributed by atoms with Crippen LogP contribution in [0.3, 0.4) is 0 Å². The van der Waals surface area contributed by atoms with E-state index < -0.39 is 0 Å². The van der Waals surface area contributed by atoms with Gasteiger partial charge in [-0.15, -0.1) is 0 Å². The van der Waals surface area contributed by atoms with Crippen molar-refractivity contribution in [1.82, 2.24) is 14.7 Å². The normalized spacial score (nSPS) is 21.6. The van der Waals surface area contributed by atoms with E-state index in [4.69, 9.17) is 4.74 Å². The van der Waals surface area contributed by atoms with Crippen LogP contribution in [-0.4, -0.2) is 78.9 Å². The molecule has 2 fully saturated rings. The van der Waals surface area contributed by atoms with E-state index in [9.17, 15) is 9.59 Å². The molecule has 2 atom stereocenters. The third-order valence-electron chi connectivity index (χ3n) is 6.63. The van der Waals surface area contributed by atoms with Gasteiger partial charge in [-0.25, -0.2) is 0 Å². The number of rotatable bonds is 6. The molecule has 2 aromatic carbocycles. The maximum absolute atomic E-state index is 12.8. The predicted octanol–water partition coefficient (Wildman–Crippen LogP) is 3.38. The molecule has 2 aliphatic rings. The zero-order valence-electron chi connectivity index (χ0n) is 19.8. The molecule has 6 nitrogen and oxygen atoms in total. The molecule has 0 radical (unpaired) electrons. The topological polar surface area (TPSA) is 53.1 Å². The minimum absolute atomic E-state index is 0.0116. The fourth-order valence-corrected chi connectivity index (χ4v) is 4.99. The highest BCUT2D eigenvalue weighted by Gasteiger charge is 2.28. The largest absolute Gasteiger partial charge is 0.483 e. The lowest BCUT2D eigenvalue weighted by Crippen LogP contribution is -2.53. The molecule has 0 aliphatic carbocycles. The van der Waals surface area contributed by atoms with Crippen LogP contribution < -0.4 is 4.74 Å². The van der Waals surface area contributed by atoms with Crippen molar-refractivity contribution in [2.75, 3.05) is 52.4 Å². The zero-order valence-corrected chi connectivity index (χ0v) is 19.8. The van der Waals surface area contributed by atoms with E-state index in [2.05, 4.69) is 18.7 Å². The van der Waals surface area contributed by atoms with E-state index in [1.54, 1.807) is 0 Å². The van der Waals surface area contributed by atoms with Gasteiger partial charge in [0.1, 0.15) is 5.75 Å². The Balaban J connectivity index is 1.25. The minimum Gasteiger partial charge on any atom is -0.483 e. The lowest BCUT2D eigenvalue weighted by molar-refractivity contribution is -0.137. The van der Waals surface area contributed by atoms with E-state index in [-0.39, 0.29) is 18.4 Å². The molecule has 33 heavy (non-hydrogen) atoms. The molecule has 176 valence electrons. The molecule has 0 N–H and O–H groups in total. The maximum atomic E-state index is 12.8. The summed E-state index contributed by atoms with van der Waals surface area (Å²) in [6.45, 7) is 9.34. The van der Waals surface area contributed by atoms with Crippen LogP contribution in [0.15, 0.2) is 54.6 Å². The molecule has 0 bridgehead atoms. The van der Waals surface area contributed by atoms with Gasteiger partial charge in [-0.2, -0.15) is 0 Å². The van der Waals surface area contributed by atoms with Crippen molar-refractivity contribution in [3.63, 3.8) is 0 Å². The smallest absolute Gasteiger partial charge is 0.260 e. The molecule has 0 spiro atoms. The summed E-state index contributed by atoms with van der Waals surface area (Å²) in [4.78, 5) is 31.6. The third-order valence-corrected chi connectivity index (χ3v) is 6.63. The fraction of sp³-hybridized carbons (Fsp3) is 0.481. The van der Waals surface area contributed by atoms with Gasteiger partial charge in [0.2, 0.25) is 5.91 Å². The zero-order chi connectivity index (χ0) is 23.2. The van der Waals surface area contributed by atoms with Crippen molar-refractivity contribution in [3.8, 4) is 16.9 Å². The first kappa shape index (κ1) is 23.3. The van der Waals surface area contributed by atoms with E-state index >= 15 is 0 Å². The first-order valence-electron chi connectivity index (χ1n) is 12.0. The average molecular weight is 450 g/mol. The van der Waals surface area contributed by atoms with Crippen molar-refractivity contribution in [1.29, 1.82) is 0 Å². The fourth-order valence-electron chi connectivity index (χ4n) is 4.99. The molecule has 2 aliphatic heterocycles. The van der Waals surface area contributed by atoms with Crippen LogP contribution in [0.25, 0.3) is 11.1 Å². The van der Waals surface area contributed by atoms with E-state index in [1.165, 1.54) is 6.42 Å². The predicted molar refractivity (Wildman–Crippen MR) is 130 cm³/mol. The van der Waals surface area contributed by atoms with Crippen molar-refractivity contribution in [2.24, 2.45) is 11.8 Å². The molecule has 2 aromatic rings. The molecule has 0 unspecified atom stereocenters. The Morgan fingerprint density at radius 2 is 1.45 bits per heavy atom. The summed E-state index contributed by atoms with van der Waals surface area (Å²) in [5, 5.41) is 0. The average Bonchev–Trinajstić information content (AvgIpc) is 2.83. The number of benzene rings is 2. The summed E-state index contributed by atoms with van der Waals surface area (Å²) < 4.78 is 5.93. The van der Waals surface area contributed by atoms with Gasteiger partial charge in [-0.05, 0) is 29.9 Å². The standard InChI is InChI=1S/C27H35N3O3/c1-21-16-22(2)18-30(17-21)26(31)19-28-12-14-29(15-13-28)27(32)20-33-25-11-7-6-10-24(25)23-8-4-3-5-9-23/h3-11,21-22H,12-20H2,1-2H3/t21-,22-/m0/s1. The van der Waals surface area contributed by atoms with Gasteiger partial charge in [-0.3, -0.25) is 14.5 Å². The van der Waals surface area contributed by atoms with Crippen LogP contribution in [0, 0.1) is 11.8 Å². The first-order chi connectivity index (χ1) is 16.0. The number of para-hydroxylation sites is 1. The first-order valence-corrected chi connectivity index (χ1v) is 12.0. The van der Waals surface area contributed by atoms with Gasteiger partial charge in [-0.1, -0.05) is 62.4 Å². The molecular weight excluding hydrogens is 414 g/mol. The number of ether oxygens (including phenoxy) is 1. The Labute approximate surface area is 197 Å². The highest BCUT2D eigenvalue weighted by molar-refractivity contribution is 5.79. The number of carbonyl (C=O) groups excluding carboxylic acids is 2. The second-order valence-corrected chi connectivity index (χ2v) is 9.55. The van der Waals surface area contributed by atoms with E-state index in [0.717, 1.165) is 37.3 Å². The SMILES string of the molecule is C[C@H]1C[C@H](C)CN(C(=O)CN2CCN(C(=O)COc3ccccc3-c3ccccc3)CC2)C1. The summed E-state index contributed by atoms with van der Waals surface area (Å²) in [7, 11) is 0. The Morgan fingerprint density at radius 3 is 2.15 bits per heavy atom. The van der Waals surface area contributed by atoms with Gasteiger partial charge in [0.15, 0.2) is 6.61 Å². The van der Waals surface area contributed by atoms with Crippen LogP contribution in [0.1, 0.15) is 20.3 Å². The van der Waals surface area contributed by atoms with Crippen LogP contribution in [0.4, 0.5) is 0 Å². The number of amides is 2. The number of hydrogen-bond donors (Lipinski definition) is 0. The molecule has 4 rings (SSSR count). The molecule has 2 amide bonds. The number of piperazine rings is 1. The summed E-state index contributed by atoms with van der Waals surface area (Å²) in [6, 6.07) is 17.9. The van der Waals surface area contributed by atoms with Crippen LogP contribution in [0.2, 0.25) is 0 Å². The van der Waals surface area contributed by atoms with Crippen molar-refractivity contribution < 1.29 is 14.3 Å². The summed E-state index contributed by atoms with van der Waals surface area (Å²) in [6.07, 6.45) is 1.20. The number of piperidine rings is 1. The molecular formula is C27H35N3O3. The quantitative estimate of drug-likeness (QED) is 0.679. The molecule has 2 heterocycles. The number of nitrogens with zero attached hydrogens (tertiary/aromatic N) is 3. The second-order valence-electron chi connectivity index (χ2n) is 9.55. The van der Waals surface area contributed by atoms with Gasteiger partial charge < -0.3 is 14.5 Å². The van der Waals surface area contributed by atoms with Gasteiger partial charge in [0.25, 0.3) is 5.91 Å². The Kier molecular flexibility index (Phi) is 7.65. The van der Waals surface area contributed by atoms with Gasteiger partial charge in [0, 0.05) is 44.8 Å². The Morgan fingerprint density at radius 1 is 0.818 bits per heavy atom. The molecule has 0 saturated carbocycles. The highest BCUT2D eigenvalue weighted by atomic mass is 16.5. The van der Waals surface area contributed by atoms with Crippen LogP contribution >= 0.6 is 0 Å². The van der Waals surface area contributed by atoms with Crippen molar-refractivity contribution in [2.45, 2.75) is 20.3 Å². The van der Waals surface area contributed by atoms with Crippen LogP contribution in [0.5, 0.6) is 5.75 Å². The van der Waals surface area contributed by atoms with Crippen molar-refractivity contribution in [3.05, 3.63) is 54.6 Å². The third kappa shape index (κ3) is 6.14. The monoisotopic (exact) mass is 449 g/mol. The molecule has 6 heteroatoms. The molecule has 0 aromatic heterocycles.